The van der Waals surface area contributed by atoms with Crippen LogP contribution in [-0.4, -0.2) is 0 Å². The average Bonchev–Trinajstić information content (AvgIpc) is 2.35. The number of nitrogens with two attached hydrogens (primary N) is 1. The first-order valence-electron chi connectivity index (χ1n) is 5.44. The van der Waals surface area contributed by atoms with Crippen LogP contribution in [0, 0.1) is 24.1 Å². The van der Waals surface area contributed by atoms with E-state index in [1.807, 2.05) is 25.1 Å². The Morgan fingerprint density at radius 2 is 1.83 bits per heavy atom. The molecule has 2 aromatic carbocycles. The summed E-state index contributed by atoms with van der Waals surface area (Å²) < 4.78 is 13.4. The monoisotopic (exact) mass is 241 g/mol. The van der Waals surface area contributed by atoms with E-state index >= 15 is 0 Å². The zero-order valence-electron chi connectivity index (χ0n) is 9.87. The summed E-state index contributed by atoms with van der Waals surface area (Å²) in [6, 6.07) is 11.8. The third-order valence-corrected chi connectivity index (χ3v) is 2.72. The minimum absolute atomic E-state index is 0.0154. The van der Waals surface area contributed by atoms with Gasteiger partial charge < -0.3 is 11.1 Å². The maximum absolute atomic E-state index is 13.4. The molecule has 2 rings (SSSR count). The van der Waals surface area contributed by atoms with Gasteiger partial charge in [-0.05, 0) is 30.7 Å². The number of benzene rings is 2. The summed E-state index contributed by atoms with van der Waals surface area (Å²) in [5.74, 6) is -0.547. The first-order valence-corrected chi connectivity index (χ1v) is 5.44. The van der Waals surface area contributed by atoms with Crippen molar-refractivity contribution in [3.63, 3.8) is 0 Å². The normalized spacial score (nSPS) is 9.83. The number of hydrogen-bond acceptors (Lipinski definition) is 3. The lowest BCUT2D eigenvalue weighted by Crippen LogP contribution is -2.00. The molecule has 3 nitrogen and oxygen atoms in total. The molecular formula is C14H12FN3. The maximum atomic E-state index is 13.4. The molecule has 0 fully saturated rings. The standard InChI is InChI=1S/C14H12FN3/c1-9-4-2-7-13(14(9)17)18-12-6-3-5-11(15)10(12)8-16/h2-7,18H,17H2,1H3. The lowest BCUT2D eigenvalue weighted by molar-refractivity contribution is 0.624. The van der Waals surface area contributed by atoms with Gasteiger partial charge >= 0.3 is 0 Å². The molecule has 0 aliphatic carbocycles. The molecule has 0 heterocycles. The molecule has 0 bridgehead atoms. The van der Waals surface area contributed by atoms with Crippen molar-refractivity contribution in [3.05, 3.63) is 53.3 Å². The highest BCUT2D eigenvalue weighted by Crippen LogP contribution is 2.28. The van der Waals surface area contributed by atoms with Crippen molar-refractivity contribution < 1.29 is 4.39 Å². The Kier molecular flexibility index (Phi) is 3.16. The number of nitrogens with one attached hydrogen (secondary N) is 1. The van der Waals surface area contributed by atoms with E-state index in [0.29, 0.717) is 17.1 Å². The van der Waals surface area contributed by atoms with Crippen molar-refractivity contribution in [3.8, 4) is 6.07 Å². The van der Waals surface area contributed by atoms with Gasteiger partial charge in [0.1, 0.15) is 17.4 Å². The van der Waals surface area contributed by atoms with Crippen molar-refractivity contribution in [2.75, 3.05) is 11.1 Å². The number of aryl methyl sites for hydroxylation is 1. The second kappa shape index (κ2) is 4.76. The van der Waals surface area contributed by atoms with Crippen LogP contribution in [0.2, 0.25) is 0 Å². The summed E-state index contributed by atoms with van der Waals surface area (Å²) in [5, 5.41) is 11.9. The summed E-state index contributed by atoms with van der Waals surface area (Å²) in [4.78, 5) is 0. The minimum atomic E-state index is -0.547. The van der Waals surface area contributed by atoms with E-state index in [9.17, 15) is 4.39 Å². The molecule has 90 valence electrons. The van der Waals surface area contributed by atoms with E-state index in [1.54, 1.807) is 18.2 Å². The number of nitrogen functional groups attached to an aromatic ring is 1. The van der Waals surface area contributed by atoms with Gasteiger partial charge in [-0.1, -0.05) is 18.2 Å². The van der Waals surface area contributed by atoms with Gasteiger partial charge in [-0.15, -0.1) is 0 Å². The van der Waals surface area contributed by atoms with Gasteiger partial charge in [-0.25, -0.2) is 4.39 Å². The summed E-state index contributed by atoms with van der Waals surface area (Å²) in [6.07, 6.45) is 0. The highest BCUT2D eigenvalue weighted by Gasteiger charge is 2.09. The highest BCUT2D eigenvalue weighted by molar-refractivity contribution is 5.77. The molecule has 0 spiro atoms. The van der Waals surface area contributed by atoms with Gasteiger partial charge in [0.15, 0.2) is 0 Å². The van der Waals surface area contributed by atoms with Crippen molar-refractivity contribution in [1.29, 1.82) is 5.26 Å². The average molecular weight is 241 g/mol. The van der Waals surface area contributed by atoms with Gasteiger partial charge in [-0.3, -0.25) is 0 Å². The van der Waals surface area contributed by atoms with Gasteiger partial charge in [-0.2, -0.15) is 5.26 Å². The van der Waals surface area contributed by atoms with Crippen molar-refractivity contribution in [1.82, 2.24) is 0 Å². The van der Waals surface area contributed by atoms with Gasteiger partial charge in [0.05, 0.1) is 17.1 Å². The Bertz CT molecular complexity index is 629. The third-order valence-electron chi connectivity index (χ3n) is 2.72. The maximum Gasteiger partial charge on any atom is 0.143 e. The second-order valence-electron chi connectivity index (χ2n) is 3.94. The Morgan fingerprint density at radius 3 is 2.56 bits per heavy atom. The van der Waals surface area contributed by atoms with E-state index in [-0.39, 0.29) is 5.56 Å². The van der Waals surface area contributed by atoms with Crippen LogP contribution >= 0.6 is 0 Å². The SMILES string of the molecule is Cc1cccc(Nc2cccc(F)c2C#N)c1N. The third kappa shape index (κ3) is 2.11. The molecule has 3 N–H and O–H groups in total. The molecule has 18 heavy (non-hydrogen) atoms. The summed E-state index contributed by atoms with van der Waals surface area (Å²) >= 11 is 0. The molecule has 0 radical (unpaired) electrons. The van der Waals surface area contributed by atoms with E-state index < -0.39 is 5.82 Å². The smallest absolute Gasteiger partial charge is 0.143 e. The molecule has 0 aromatic heterocycles. The van der Waals surface area contributed by atoms with E-state index in [2.05, 4.69) is 5.32 Å². The van der Waals surface area contributed by atoms with Gasteiger partial charge in [0, 0.05) is 0 Å². The molecule has 0 amide bonds. The number of anilines is 3. The highest BCUT2D eigenvalue weighted by atomic mass is 19.1. The second-order valence-corrected chi connectivity index (χ2v) is 3.94. The quantitative estimate of drug-likeness (QED) is 0.793. The molecule has 2 aromatic rings. The van der Waals surface area contributed by atoms with Gasteiger partial charge in [0.2, 0.25) is 0 Å². The largest absolute Gasteiger partial charge is 0.397 e. The zero-order valence-corrected chi connectivity index (χ0v) is 9.87. The van der Waals surface area contributed by atoms with E-state index in [1.165, 1.54) is 6.07 Å². The lowest BCUT2D eigenvalue weighted by Gasteiger charge is -2.12. The first-order chi connectivity index (χ1) is 8.63. The Hall–Kier alpha value is -2.54. The van der Waals surface area contributed by atoms with Gasteiger partial charge in [0.25, 0.3) is 0 Å². The fourth-order valence-electron chi connectivity index (χ4n) is 1.68. The van der Waals surface area contributed by atoms with Crippen LogP contribution in [0.1, 0.15) is 11.1 Å². The molecule has 0 unspecified atom stereocenters. The van der Waals surface area contributed by atoms with Crippen LogP contribution in [0.3, 0.4) is 0 Å². The molecule has 0 saturated carbocycles. The first kappa shape index (κ1) is 11.9. The molecule has 0 saturated heterocycles. The lowest BCUT2D eigenvalue weighted by atomic mass is 10.1. The number of hydrogen-bond donors (Lipinski definition) is 2. The Morgan fingerprint density at radius 1 is 1.17 bits per heavy atom. The predicted molar refractivity (Wildman–Crippen MR) is 70.0 cm³/mol. The fourth-order valence-corrected chi connectivity index (χ4v) is 1.68. The number of nitriles is 1. The summed E-state index contributed by atoms with van der Waals surface area (Å²) in [6.45, 7) is 1.89. The van der Waals surface area contributed by atoms with Crippen LogP contribution in [0.4, 0.5) is 21.5 Å². The molecular weight excluding hydrogens is 229 g/mol. The van der Waals surface area contributed by atoms with Crippen LogP contribution in [0.5, 0.6) is 0 Å². The Balaban J connectivity index is 2.44. The number of rotatable bonds is 2. The number of nitrogens with zero attached hydrogens (tertiary/aromatic N) is 1. The summed E-state index contributed by atoms with van der Waals surface area (Å²) in [5.41, 5.74) is 8.50. The van der Waals surface area contributed by atoms with Crippen molar-refractivity contribution in [2.45, 2.75) is 6.92 Å². The van der Waals surface area contributed by atoms with Crippen LogP contribution in [-0.2, 0) is 0 Å². The van der Waals surface area contributed by atoms with E-state index in [0.717, 1.165) is 5.56 Å². The van der Waals surface area contributed by atoms with Crippen LogP contribution in [0.15, 0.2) is 36.4 Å². The zero-order chi connectivity index (χ0) is 13.1. The van der Waals surface area contributed by atoms with Crippen LogP contribution in [0.25, 0.3) is 0 Å². The predicted octanol–water partition coefficient (Wildman–Crippen LogP) is 3.33. The number of para-hydroxylation sites is 1. The number of halogens is 1. The van der Waals surface area contributed by atoms with Crippen molar-refractivity contribution >= 4 is 17.1 Å². The summed E-state index contributed by atoms with van der Waals surface area (Å²) in [7, 11) is 0. The van der Waals surface area contributed by atoms with E-state index in [4.69, 9.17) is 11.0 Å². The fraction of sp³-hybridized carbons (Fsp3) is 0.0714. The molecule has 0 atom stereocenters. The van der Waals surface area contributed by atoms with Crippen LogP contribution < -0.4 is 11.1 Å². The molecule has 4 heteroatoms. The van der Waals surface area contributed by atoms with Crippen molar-refractivity contribution in [2.24, 2.45) is 0 Å². The molecule has 0 aliphatic heterocycles. The topological polar surface area (TPSA) is 61.8 Å². The minimum Gasteiger partial charge on any atom is -0.397 e. The molecule has 0 aliphatic rings. The Labute approximate surface area is 105 Å².